The molecule has 0 atom stereocenters. The van der Waals surface area contributed by atoms with E-state index in [4.69, 9.17) is 0 Å². The van der Waals surface area contributed by atoms with Crippen molar-refractivity contribution in [3.05, 3.63) is 41.5 Å². The number of benzene rings is 1. The molecule has 0 aliphatic heterocycles. The van der Waals surface area contributed by atoms with Gasteiger partial charge in [0.05, 0.1) is 17.6 Å². The number of alkyl halides is 1. The first-order valence-corrected chi connectivity index (χ1v) is 6.06. The van der Waals surface area contributed by atoms with Gasteiger partial charge in [-0.05, 0) is 24.6 Å². The molecule has 0 radical (unpaired) electrons. The molecular weight excluding hydrogens is 273 g/mol. The number of aromatic nitrogens is 3. The molecule has 0 saturated carbocycles. The van der Waals surface area contributed by atoms with Crippen molar-refractivity contribution >= 4 is 15.9 Å². The van der Waals surface area contributed by atoms with Crippen LogP contribution in [-0.4, -0.2) is 20.3 Å². The van der Waals surface area contributed by atoms with Crippen molar-refractivity contribution in [3.63, 3.8) is 0 Å². The Labute approximate surface area is 101 Å². The number of hydrogen-bond acceptors (Lipinski definition) is 2. The van der Waals surface area contributed by atoms with Gasteiger partial charge in [-0.15, -0.1) is 5.10 Å². The van der Waals surface area contributed by atoms with Crippen molar-refractivity contribution < 1.29 is 4.39 Å². The number of rotatable bonds is 3. The average Bonchev–Trinajstić information content (AvgIpc) is 2.71. The minimum atomic E-state index is -0.227. The van der Waals surface area contributed by atoms with Crippen LogP contribution in [-0.2, 0) is 6.42 Å². The zero-order chi connectivity index (χ0) is 11.5. The van der Waals surface area contributed by atoms with E-state index >= 15 is 0 Å². The second-order valence-electron chi connectivity index (χ2n) is 3.53. The standard InChI is InChI=1S/C11H11BrFN3/c1-8-2-3-10(6-11(8)13)16-7-9(4-5-12)14-15-16/h2-3,6-7H,4-5H2,1H3. The van der Waals surface area contributed by atoms with Crippen molar-refractivity contribution in [2.45, 2.75) is 13.3 Å². The monoisotopic (exact) mass is 283 g/mol. The summed E-state index contributed by atoms with van der Waals surface area (Å²) in [4.78, 5) is 0. The minimum absolute atomic E-state index is 0.227. The number of halogens is 2. The van der Waals surface area contributed by atoms with E-state index in [2.05, 4.69) is 26.2 Å². The van der Waals surface area contributed by atoms with Gasteiger partial charge in [0, 0.05) is 11.8 Å². The molecule has 0 fully saturated rings. The van der Waals surface area contributed by atoms with Crippen LogP contribution in [0.15, 0.2) is 24.4 Å². The van der Waals surface area contributed by atoms with Gasteiger partial charge in [0.15, 0.2) is 0 Å². The van der Waals surface area contributed by atoms with E-state index < -0.39 is 0 Å². The zero-order valence-electron chi connectivity index (χ0n) is 8.82. The van der Waals surface area contributed by atoms with E-state index in [-0.39, 0.29) is 5.82 Å². The van der Waals surface area contributed by atoms with Crippen LogP contribution in [0.5, 0.6) is 0 Å². The van der Waals surface area contributed by atoms with Crippen LogP contribution in [0.1, 0.15) is 11.3 Å². The Morgan fingerprint density at radius 1 is 1.44 bits per heavy atom. The van der Waals surface area contributed by atoms with Crippen molar-refractivity contribution in [3.8, 4) is 5.69 Å². The van der Waals surface area contributed by atoms with Crippen LogP contribution >= 0.6 is 15.9 Å². The summed E-state index contributed by atoms with van der Waals surface area (Å²) in [6.07, 6.45) is 2.62. The lowest BCUT2D eigenvalue weighted by Crippen LogP contribution is -1.96. The lowest BCUT2D eigenvalue weighted by molar-refractivity contribution is 0.615. The molecule has 0 N–H and O–H groups in total. The Morgan fingerprint density at radius 2 is 2.25 bits per heavy atom. The van der Waals surface area contributed by atoms with Crippen LogP contribution in [0.4, 0.5) is 4.39 Å². The molecule has 0 aliphatic carbocycles. The summed E-state index contributed by atoms with van der Waals surface area (Å²) in [5, 5.41) is 8.79. The lowest BCUT2D eigenvalue weighted by atomic mass is 10.2. The van der Waals surface area contributed by atoms with Gasteiger partial charge in [0.25, 0.3) is 0 Å². The highest BCUT2D eigenvalue weighted by atomic mass is 79.9. The molecule has 16 heavy (non-hydrogen) atoms. The number of hydrogen-bond donors (Lipinski definition) is 0. The van der Waals surface area contributed by atoms with Crippen molar-refractivity contribution in [1.29, 1.82) is 0 Å². The molecule has 3 nitrogen and oxygen atoms in total. The maximum atomic E-state index is 13.4. The Hall–Kier alpha value is -1.23. The van der Waals surface area contributed by atoms with Gasteiger partial charge in [-0.25, -0.2) is 9.07 Å². The predicted molar refractivity (Wildman–Crippen MR) is 63.6 cm³/mol. The second kappa shape index (κ2) is 4.74. The first-order chi connectivity index (χ1) is 7.70. The molecule has 84 valence electrons. The molecule has 2 rings (SSSR count). The van der Waals surface area contributed by atoms with Gasteiger partial charge < -0.3 is 0 Å². The van der Waals surface area contributed by atoms with Crippen LogP contribution < -0.4 is 0 Å². The van der Waals surface area contributed by atoms with E-state index in [1.54, 1.807) is 17.7 Å². The van der Waals surface area contributed by atoms with Crippen LogP contribution in [0.25, 0.3) is 5.69 Å². The summed E-state index contributed by atoms with van der Waals surface area (Å²) < 4.78 is 14.9. The van der Waals surface area contributed by atoms with Gasteiger partial charge in [-0.3, -0.25) is 0 Å². The summed E-state index contributed by atoms with van der Waals surface area (Å²) in [5.74, 6) is -0.227. The summed E-state index contributed by atoms with van der Waals surface area (Å²) >= 11 is 3.34. The van der Waals surface area contributed by atoms with E-state index in [9.17, 15) is 4.39 Å². The van der Waals surface area contributed by atoms with Crippen LogP contribution in [0.3, 0.4) is 0 Å². The smallest absolute Gasteiger partial charge is 0.128 e. The largest absolute Gasteiger partial charge is 0.220 e. The molecule has 2 aromatic rings. The molecule has 1 aromatic carbocycles. The number of aryl methyl sites for hydroxylation is 2. The third kappa shape index (κ3) is 2.29. The molecule has 0 aliphatic rings. The van der Waals surface area contributed by atoms with Crippen molar-refractivity contribution in [2.75, 3.05) is 5.33 Å². The maximum Gasteiger partial charge on any atom is 0.128 e. The van der Waals surface area contributed by atoms with Crippen LogP contribution in [0, 0.1) is 12.7 Å². The molecule has 1 heterocycles. The zero-order valence-corrected chi connectivity index (χ0v) is 10.4. The Morgan fingerprint density at radius 3 is 2.94 bits per heavy atom. The molecule has 0 bridgehead atoms. The third-order valence-electron chi connectivity index (χ3n) is 2.31. The molecule has 5 heteroatoms. The SMILES string of the molecule is Cc1ccc(-n2cc(CCBr)nn2)cc1F. The van der Waals surface area contributed by atoms with E-state index in [0.29, 0.717) is 11.3 Å². The summed E-state index contributed by atoms with van der Waals surface area (Å²) in [7, 11) is 0. The highest BCUT2D eigenvalue weighted by molar-refractivity contribution is 9.09. The molecule has 0 saturated heterocycles. The molecule has 0 amide bonds. The fourth-order valence-corrected chi connectivity index (χ4v) is 1.77. The molecular formula is C11H11BrFN3. The maximum absolute atomic E-state index is 13.4. The van der Waals surface area contributed by atoms with Gasteiger partial charge in [-0.1, -0.05) is 27.2 Å². The lowest BCUT2D eigenvalue weighted by Gasteiger charge is -2.01. The number of nitrogens with zero attached hydrogens (tertiary/aromatic N) is 3. The minimum Gasteiger partial charge on any atom is -0.220 e. The quantitative estimate of drug-likeness (QED) is 0.811. The average molecular weight is 284 g/mol. The molecule has 0 unspecified atom stereocenters. The van der Waals surface area contributed by atoms with E-state index in [1.807, 2.05) is 12.3 Å². The summed E-state index contributed by atoms with van der Waals surface area (Å²) in [5.41, 5.74) is 2.21. The van der Waals surface area contributed by atoms with E-state index in [1.165, 1.54) is 6.07 Å². The van der Waals surface area contributed by atoms with Crippen LogP contribution in [0.2, 0.25) is 0 Å². The van der Waals surface area contributed by atoms with Gasteiger partial charge in [-0.2, -0.15) is 0 Å². The summed E-state index contributed by atoms with van der Waals surface area (Å²) in [6, 6.07) is 5.02. The Bertz CT molecular complexity index is 496. The van der Waals surface area contributed by atoms with Gasteiger partial charge >= 0.3 is 0 Å². The second-order valence-corrected chi connectivity index (χ2v) is 4.32. The first-order valence-electron chi connectivity index (χ1n) is 4.94. The Kier molecular flexibility index (Phi) is 3.33. The first kappa shape index (κ1) is 11.3. The fraction of sp³-hybridized carbons (Fsp3) is 0.273. The third-order valence-corrected chi connectivity index (χ3v) is 2.71. The predicted octanol–water partition coefficient (Wildman–Crippen LogP) is 2.65. The Balaban J connectivity index is 2.31. The topological polar surface area (TPSA) is 30.7 Å². The molecule has 1 aromatic heterocycles. The van der Waals surface area contributed by atoms with Crippen molar-refractivity contribution in [2.24, 2.45) is 0 Å². The van der Waals surface area contributed by atoms with E-state index in [0.717, 1.165) is 17.4 Å². The molecule has 0 spiro atoms. The van der Waals surface area contributed by atoms with Gasteiger partial charge in [0.1, 0.15) is 5.82 Å². The summed E-state index contributed by atoms with van der Waals surface area (Å²) in [6.45, 7) is 1.73. The highest BCUT2D eigenvalue weighted by Crippen LogP contribution is 2.12. The highest BCUT2D eigenvalue weighted by Gasteiger charge is 2.04. The fourth-order valence-electron chi connectivity index (χ4n) is 1.36. The normalized spacial score (nSPS) is 10.7. The van der Waals surface area contributed by atoms with Gasteiger partial charge in [0.2, 0.25) is 0 Å². The van der Waals surface area contributed by atoms with Crippen molar-refractivity contribution in [1.82, 2.24) is 15.0 Å².